The van der Waals surface area contributed by atoms with Crippen molar-refractivity contribution < 1.29 is 9.47 Å². The van der Waals surface area contributed by atoms with Crippen molar-refractivity contribution in [3.63, 3.8) is 0 Å². The molecule has 0 fully saturated rings. The summed E-state index contributed by atoms with van der Waals surface area (Å²) in [4.78, 5) is 1.15. The Hall–Kier alpha value is -1.68. The first kappa shape index (κ1) is 10.5. The Labute approximate surface area is 104 Å². The molecule has 1 aromatic heterocycles. The molecular weight excluding hydrogens is 234 g/mol. The molecule has 4 heteroatoms. The van der Waals surface area contributed by atoms with Crippen LogP contribution < -0.4 is 15.2 Å². The van der Waals surface area contributed by atoms with Crippen LogP contribution in [0.1, 0.15) is 6.42 Å². The quantitative estimate of drug-likeness (QED) is 0.841. The first-order chi connectivity index (χ1) is 8.33. The van der Waals surface area contributed by atoms with Gasteiger partial charge in [0, 0.05) is 11.3 Å². The number of benzene rings is 1. The lowest BCUT2D eigenvalue weighted by Gasteiger charge is -2.08. The number of ether oxygens (including phenoxy) is 2. The first-order valence-corrected chi connectivity index (χ1v) is 6.40. The van der Waals surface area contributed by atoms with Gasteiger partial charge in [-0.25, -0.2) is 0 Å². The van der Waals surface area contributed by atoms with Crippen LogP contribution in [0.5, 0.6) is 11.5 Å². The number of nitrogen functional groups attached to an aromatic ring is 1. The molecule has 1 aliphatic rings. The van der Waals surface area contributed by atoms with Crippen LogP contribution >= 0.6 is 11.3 Å². The van der Waals surface area contributed by atoms with Crippen LogP contribution in [0.3, 0.4) is 0 Å². The number of hydrogen-bond donors (Lipinski definition) is 1. The van der Waals surface area contributed by atoms with Gasteiger partial charge in [0.25, 0.3) is 0 Å². The average Bonchev–Trinajstić information content (AvgIpc) is 2.64. The number of fused-ring (bicyclic) bond motifs is 1. The number of thiophene rings is 1. The van der Waals surface area contributed by atoms with Crippen LogP contribution in [0.2, 0.25) is 0 Å². The van der Waals surface area contributed by atoms with E-state index in [1.807, 2.05) is 30.3 Å². The van der Waals surface area contributed by atoms with E-state index in [2.05, 4.69) is 0 Å². The molecule has 1 aromatic carbocycles. The molecule has 2 heterocycles. The normalized spacial score (nSPS) is 14.4. The summed E-state index contributed by atoms with van der Waals surface area (Å²) in [5.41, 5.74) is 6.86. The Morgan fingerprint density at radius 2 is 1.82 bits per heavy atom. The standard InChI is InChI=1S/C13H13NO2S/c14-13-5-4-12(17-13)9-2-3-10-11(8-9)16-7-1-6-15-10/h2-5,8H,1,6-7,14H2. The highest BCUT2D eigenvalue weighted by Crippen LogP contribution is 2.37. The summed E-state index contributed by atoms with van der Waals surface area (Å²) in [7, 11) is 0. The van der Waals surface area contributed by atoms with E-state index >= 15 is 0 Å². The number of nitrogens with two attached hydrogens (primary N) is 1. The number of rotatable bonds is 1. The van der Waals surface area contributed by atoms with Crippen LogP contribution in [-0.4, -0.2) is 13.2 Å². The van der Waals surface area contributed by atoms with E-state index in [1.165, 1.54) is 0 Å². The fourth-order valence-corrected chi connectivity index (χ4v) is 2.60. The highest BCUT2D eigenvalue weighted by Gasteiger charge is 2.11. The molecule has 3 nitrogen and oxygen atoms in total. The summed E-state index contributed by atoms with van der Waals surface area (Å²) in [6.45, 7) is 1.43. The van der Waals surface area contributed by atoms with Gasteiger partial charge in [0.2, 0.25) is 0 Å². The number of hydrogen-bond acceptors (Lipinski definition) is 4. The summed E-state index contributed by atoms with van der Waals surface area (Å²) in [6.07, 6.45) is 0.927. The van der Waals surface area contributed by atoms with Crippen LogP contribution in [0.25, 0.3) is 10.4 Å². The Bertz CT molecular complexity index is 536. The smallest absolute Gasteiger partial charge is 0.161 e. The van der Waals surface area contributed by atoms with Gasteiger partial charge in [-0.3, -0.25) is 0 Å². The van der Waals surface area contributed by atoms with Crippen molar-refractivity contribution in [1.82, 2.24) is 0 Å². The van der Waals surface area contributed by atoms with Crippen molar-refractivity contribution in [3.8, 4) is 21.9 Å². The third-order valence-electron chi connectivity index (χ3n) is 2.66. The zero-order chi connectivity index (χ0) is 11.7. The van der Waals surface area contributed by atoms with E-state index in [0.29, 0.717) is 6.61 Å². The van der Waals surface area contributed by atoms with Crippen molar-refractivity contribution in [2.24, 2.45) is 0 Å². The van der Waals surface area contributed by atoms with Crippen molar-refractivity contribution in [1.29, 1.82) is 0 Å². The molecule has 1 aliphatic heterocycles. The maximum absolute atomic E-state index is 5.74. The van der Waals surface area contributed by atoms with Crippen LogP contribution in [-0.2, 0) is 0 Å². The lowest BCUT2D eigenvalue weighted by atomic mass is 10.1. The molecule has 0 saturated carbocycles. The van der Waals surface area contributed by atoms with E-state index in [1.54, 1.807) is 11.3 Å². The second-order valence-corrected chi connectivity index (χ2v) is 5.03. The van der Waals surface area contributed by atoms with Gasteiger partial charge >= 0.3 is 0 Å². The minimum atomic E-state index is 0.711. The van der Waals surface area contributed by atoms with Gasteiger partial charge in [0.15, 0.2) is 11.5 Å². The molecule has 0 atom stereocenters. The Balaban J connectivity index is 2.00. The monoisotopic (exact) mass is 247 g/mol. The molecule has 3 rings (SSSR count). The van der Waals surface area contributed by atoms with Crippen molar-refractivity contribution in [2.45, 2.75) is 6.42 Å². The highest BCUT2D eigenvalue weighted by molar-refractivity contribution is 7.19. The van der Waals surface area contributed by atoms with E-state index in [4.69, 9.17) is 15.2 Å². The number of anilines is 1. The second-order valence-electron chi connectivity index (χ2n) is 3.91. The van der Waals surface area contributed by atoms with Gasteiger partial charge in [-0.1, -0.05) is 0 Å². The van der Waals surface area contributed by atoms with E-state index in [0.717, 1.165) is 40.0 Å². The predicted molar refractivity (Wildman–Crippen MR) is 69.8 cm³/mol. The summed E-state index contributed by atoms with van der Waals surface area (Å²) in [5.74, 6) is 1.66. The first-order valence-electron chi connectivity index (χ1n) is 5.58. The lowest BCUT2D eigenvalue weighted by molar-refractivity contribution is 0.297. The summed E-state index contributed by atoms with van der Waals surface area (Å²) in [5, 5.41) is 0.826. The van der Waals surface area contributed by atoms with Crippen molar-refractivity contribution in [2.75, 3.05) is 18.9 Å². The minimum Gasteiger partial charge on any atom is -0.490 e. The molecule has 2 N–H and O–H groups in total. The molecule has 17 heavy (non-hydrogen) atoms. The van der Waals surface area contributed by atoms with E-state index < -0.39 is 0 Å². The fraction of sp³-hybridized carbons (Fsp3) is 0.231. The average molecular weight is 247 g/mol. The van der Waals surface area contributed by atoms with Crippen molar-refractivity contribution >= 4 is 16.3 Å². The Kier molecular flexibility index (Phi) is 2.65. The highest BCUT2D eigenvalue weighted by atomic mass is 32.1. The third kappa shape index (κ3) is 2.08. The van der Waals surface area contributed by atoms with Gasteiger partial charge in [0.1, 0.15) is 0 Å². The van der Waals surface area contributed by atoms with Gasteiger partial charge in [-0.05, 0) is 35.9 Å². The molecule has 0 radical (unpaired) electrons. The van der Waals surface area contributed by atoms with E-state index in [-0.39, 0.29) is 0 Å². The fourth-order valence-electron chi connectivity index (χ4n) is 1.82. The molecular formula is C13H13NO2S. The Morgan fingerprint density at radius 1 is 1.00 bits per heavy atom. The van der Waals surface area contributed by atoms with Crippen LogP contribution in [0.15, 0.2) is 30.3 Å². The van der Waals surface area contributed by atoms with E-state index in [9.17, 15) is 0 Å². The molecule has 0 spiro atoms. The van der Waals surface area contributed by atoms with Crippen LogP contribution in [0.4, 0.5) is 5.00 Å². The minimum absolute atomic E-state index is 0.711. The van der Waals surface area contributed by atoms with Gasteiger partial charge < -0.3 is 15.2 Å². The maximum atomic E-state index is 5.74. The molecule has 0 aliphatic carbocycles. The topological polar surface area (TPSA) is 44.5 Å². The van der Waals surface area contributed by atoms with Crippen molar-refractivity contribution in [3.05, 3.63) is 30.3 Å². The molecule has 0 amide bonds. The maximum Gasteiger partial charge on any atom is 0.161 e. The van der Waals surface area contributed by atoms with Gasteiger partial charge in [-0.15, -0.1) is 11.3 Å². The molecule has 2 aromatic rings. The predicted octanol–water partition coefficient (Wildman–Crippen LogP) is 3.16. The second kappa shape index (κ2) is 4.30. The zero-order valence-electron chi connectivity index (χ0n) is 9.31. The summed E-state index contributed by atoms with van der Waals surface area (Å²) in [6, 6.07) is 9.97. The zero-order valence-corrected chi connectivity index (χ0v) is 10.1. The van der Waals surface area contributed by atoms with Crippen LogP contribution in [0, 0.1) is 0 Å². The molecule has 0 saturated heterocycles. The summed E-state index contributed by atoms with van der Waals surface area (Å²) < 4.78 is 11.3. The molecule has 0 bridgehead atoms. The third-order valence-corrected chi connectivity index (χ3v) is 3.62. The van der Waals surface area contributed by atoms with Gasteiger partial charge in [0.05, 0.1) is 18.2 Å². The molecule has 0 unspecified atom stereocenters. The lowest BCUT2D eigenvalue weighted by Crippen LogP contribution is -1.97. The SMILES string of the molecule is Nc1ccc(-c2ccc3c(c2)OCCCO3)s1. The largest absolute Gasteiger partial charge is 0.490 e. The summed E-state index contributed by atoms with van der Waals surface area (Å²) >= 11 is 1.58. The Morgan fingerprint density at radius 3 is 2.59 bits per heavy atom. The van der Waals surface area contributed by atoms with Gasteiger partial charge in [-0.2, -0.15) is 0 Å². The molecule has 88 valence electrons.